The number of hydrogen-bond donors (Lipinski definition) is 1. The van der Waals surface area contributed by atoms with E-state index >= 15 is 0 Å². The van der Waals surface area contributed by atoms with Crippen LogP contribution in [0.3, 0.4) is 0 Å². The molecule has 0 unspecified atom stereocenters. The predicted octanol–water partition coefficient (Wildman–Crippen LogP) is 5.40. The first-order chi connectivity index (χ1) is 12.9. The van der Waals surface area contributed by atoms with Crippen LogP contribution in [-0.2, 0) is 4.79 Å². The minimum absolute atomic E-state index is 0.0912. The molecule has 3 aromatic rings. The molecule has 1 amide bonds. The number of anilines is 1. The summed E-state index contributed by atoms with van der Waals surface area (Å²) in [5, 5.41) is 3.26. The number of aromatic nitrogens is 1. The lowest BCUT2D eigenvalue weighted by atomic mass is 10.0. The van der Waals surface area contributed by atoms with E-state index in [1.54, 1.807) is 12.1 Å². The van der Waals surface area contributed by atoms with Crippen LogP contribution >= 0.6 is 11.3 Å². The van der Waals surface area contributed by atoms with Gasteiger partial charge in [0.2, 0.25) is 0 Å². The van der Waals surface area contributed by atoms with Gasteiger partial charge in [-0.3, -0.25) is 10.1 Å². The lowest BCUT2D eigenvalue weighted by molar-refractivity contribution is -0.118. The van der Waals surface area contributed by atoms with Crippen molar-refractivity contribution in [3.05, 3.63) is 64.8 Å². The number of ether oxygens (including phenoxy) is 1. The van der Waals surface area contributed by atoms with Gasteiger partial charge in [-0.2, -0.15) is 0 Å². The Morgan fingerprint density at radius 1 is 1.22 bits per heavy atom. The molecule has 0 fully saturated rings. The summed E-state index contributed by atoms with van der Waals surface area (Å²) in [5.74, 6) is 0.493. The molecule has 1 aromatic heterocycles. The number of benzene rings is 2. The van der Waals surface area contributed by atoms with Crippen molar-refractivity contribution in [2.24, 2.45) is 0 Å². The monoisotopic (exact) mass is 384 g/mol. The summed E-state index contributed by atoms with van der Waals surface area (Å²) >= 11 is 1.38. The number of halogens is 1. The number of carbonyl (C=O) groups is 1. The Hall–Kier alpha value is -2.73. The fourth-order valence-corrected chi connectivity index (χ4v) is 3.45. The number of hydrogen-bond acceptors (Lipinski definition) is 4. The van der Waals surface area contributed by atoms with E-state index in [1.807, 2.05) is 31.2 Å². The minimum Gasteiger partial charge on any atom is -0.484 e. The Balaban J connectivity index is 1.62. The maximum Gasteiger partial charge on any atom is 0.264 e. The molecule has 1 heterocycles. The summed E-state index contributed by atoms with van der Waals surface area (Å²) < 4.78 is 18.7. The van der Waals surface area contributed by atoms with E-state index < -0.39 is 0 Å². The van der Waals surface area contributed by atoms with E-state index in [-0.39, 0.29) is 18.3 Å². The van der Waals surface area contributed by atoms with Crippen molar-refractivity contribution in [3.8, 4) is 17.0 Å². The summed E-state index contributed by atoms with van der Waals surface area (Å²) in [7, 11) is 0. The first-order valence-electron chi connectivity index (χ1n) is 8.68. The van der Waals surface area contributed by atoms with Gasteiger partial charge in [-0.05, 0) is 54.8 Å². The van der Waals surface area contributed by atoms with Crippen molar-refractivity contribution >= 4 is 22.4 Å². The molecule has 0 radical (unpaired) electrons. The van der Waals surface area contributed by atoms with Gasteiger partial charge in [0, 0.05) is 10.4 Å². The van der Waals surface area contributed by atoms with Crippen LogP contribution < -0.4 is 10.1 Å². The van der Waals surface area contributed by atoms with Gasteiger partial charge in [0.1, 0.15) is 11.6 Å². The first kappa shape index (κ1) is 19.0. The van der Waals surface area contributed by atoms with Crippen molar-refractivity contribution < 1.29 is 13.9 Å². The number of carbonyl (C=O) groups excluding carboxylic acids is 1. The third kappa shape index (κ3) is 4.92. The fraction of sp³-hybridized carbons (Fsp3) is 0.238. The van der Waals surface area contributed by atoms with Crippen LogP contribution in [0.1, 0.15) is 30.2 Å². The van der Waals surface area contributed by atoms with Crippen molar-refractivity contribution in [1.82, 2.24) is 4.98 Å². The molecule has 0 bridgehead atoms. The van der Waals surface area contributed by atoms with E-state index in [4.69, 9.17) is 4.74 Å². The highest BCUT2D eigenvalue weighted by Crippen LogP contribution is 2.30. The van der Waals surface area contributed by atoms with Crippen LogP contribution in [0.4, 0.5) is 9.52 Å². The molecule has 4 nitrogen and oxygen atoms in total. The number of aryl methyl sites for hydroxylation is 1. The molecule has 3 rings (SSSR count). The SMILES string of the molecule is Cc1sc(NC(=O)COc2cccc(C(C)C)c2)nc1-c1ccc(F)cc1. The van der Waals surface area contributed by atoms with Crippen LogP contribution in [0.25, 0.3) is 11.3 Å². The Kier molecular flexibility index (Phi) is 5.86. The van der Waals surface area contributed by atoms with Crippen LogP contribution in [0.15, 0.2) is 48.5 Å². The molecule has 0 saturated heterocycles. The molecule has 0 aliphatic rings. The standard InChI is InChI=1S/C21H21FN2O2S/c1-13(2)16-5-4-6-18(11-16)26-12-19(25)23-21-24-20(14(3)27-21)15-7-9-17(22)10-8-15/h4-11,13H,12H2,1-3H3,(H,23,24,25). The molecule has 0 aliphatic heterocycles. The zero-order valence-corrected chi connectivity index (χ0v) is 16.3. The van der Waals surface area contributed by atoms with Crippen LogP contribution in [0, 0.1) is 12.7 Å². The fourth-order valence-electron chi connectivity index (χ4n) is 2.59. The largest absolute Gasteiger partial charge is 0.484 e. The molecular formula is C21H21FN2O2S. The molecule has 0 saturated carbocycles. The van der Waals surface area contributed by atoms with Gasteiger partial charge in [0.25, 0.3) is 5.91 Å². The minimum atomic E-state index is -0.293. The number of nitrogens with zero attached hydrogens (tertiary/aromatic N) is 1. The quantitative estimate of drug-likeness (QED) is 0.619. The summed E-state index contributed by atoms with van der Waals surface area (Å²) in [6.07, 6.45) is 0. The van der Waals surface area contributed by atoms with E-state index in [1.165, 1.54) is 23.5 Å². The Morgan fingerprint density at radius 3 is 2.67 bits per heavy atom. The molecule has 0 aliphatic carbocycles. The molecule has 0 spiro atoms. The maximum absolute atomic E-state index is 13.1. The van der Waals surface area contributed by atoms with Gasteiger partial charge in [-0.15, -0.1) is 11.3 Å². The average molecular weight is 384 g/mol. The molecule has 6 heteroatoms. The van der Waals surface area contributed by atoms with Crippen molar-refractivity contribution in [1.29, 1.82) is 0 Å². The van der Waals surface area contributed by atoms with Gasteiger partial charge >= 0.3 is 0 Å². The molecule has 1 N–H and O–H groups in total. The number of amides is 1. The highest BCUT2D eigenvalue weighted by Gasteiger charge is 2.13. The Morgan fingerprint density at radius 2 is 1.96 bits per heavy atom. The zero-order chi connectivity index (χ0) is 19.4. The highest BCUT2D eigenvalue weighted by molar-refractivity contribution is 7.16. The number of thiazole rings is 1. The third-order valence-electron chi connectivity index (χ3n) is 4.06. The van der Waals surface area contributed by atoms with Gasteiger partial charge in [0.15, 0.2) is 11.7 Å². The van der Waals surface area contributed by atoms with E-state index in [9.17, 15) is 9.18 Å². The third-order valence-corrected chi connectivity index (χ3v) is 4.94. The predicted molar refractivity (Wildman–Crippen MR) is 107 cm³/mol. The molecule has 2 aromatic carbocycles. The van der Waals surface area contributed by atoms with E-state index in [2.05, 4.69) is 24.1 Å². The van der Waals surface area contributed by atoms with Crippen molar-refractivity contribution in [3.63, 3.8) is 0 Å². The highest BCUT2D eigenvalue weighted by atomic mass is 32.1. The number of rotatable bonds is 6. The Bertz CT molecular complexity index is 936. The van der Waals surface area contributed by atoms with Crippen molar-refractivity contribution in [2.45, 2.75) is 26.7 Å². The zero-order valence-electron chi connectivity index (χ0n) is 15.5. The van der Waals surface area contributed by atoms with E-state index in [0.29, 0.717) is 16.8 Å². The summed E-state index contributed by atoms with van der Waals surface area (Å²) in [6, 6.07) is 13.9. The normalized spacial score (nSPS) is 10.9. The smallest absolute Gasteiger partial charge is 0.264 e. The van der Waals surface area contributed by atoms with Crippen LogP contribution in [0.5, 0.6) is 5.75 Å². The molecule has 0 atom stereocenters. The maximum atomic E-state index is 13.1. The lowest BCUT2D eigenvalue weighted by Crippen LogP contribution is -2.20. The Labute approximate surface area is 162 Å². The summed E-state index contributed by atoms with van der Waals surface area (Å²) in [6.45, 7) is 6.04. The second-order valence-corrected chi connectivity index (χ2v) is 7.70. The second-order valence-electron chi connectivity index (χ2n) is 6.49. The average Bonchev–Trinajstić information content (AvgIpc) is 3.01. The summed E-state index contributed by atoms with van der Waals surface area (Å²) in [4.78, 5) is 17.6. The molecule has 140 valence electrons. The van der Waals surface area contributed by atoms with Gasteiger partial charge < -0.3 is 4.74 Å². The topological polar surface area (TPSA) is 51.2 Å². The van der Waals surface area contributed by atoms with Crippen LogP contribution in [0.2, 0.25) is 0 Å². The van der Waals surface area contributed by atoms with E-state index in [0.717, 1.165) is 21.7 Å². The molecule has 27 heavy (non-hydrogen) atoms. The lowest BCUT2D eigenvalue weighted by Gasteiger charge is -2.09. The molecular weight excluding hydrogens is 363 g/mol. The van der Waals surface area contributed by atoms with Crippen molar-refractivity contribution in [2.75, 3.05) is 11.9 Å². The first-order valence-corrected chi connectivity index (χ1v) is 9.50. The van der Waals surface area contributed by atoms with Gasteiger partial charge in [0.05, 0.1) is 5.69 Å². The van der Waals surface area contributed by atoms with Gasteiger partial charge in [-0.1, -0.05) is 26.0 Å². The second kappa shape index (κ2) is 8.31. The van der Waals surface area contributed by atoms with Crippen LogP contribution in [-0.4, -0.2) is 17.5 Å². The summed E-state index contributed by atoms with van der Waals surface area (Å²) in [5.41, 5.74) is 2.71. The number of nitrogens with one attached hydrogen (secondary N) is 1. The van der Waals surface area contributed by atoms with Gasteiger partial charge in [-0.25, -0.2) is 9.37 Å².